The van der Waals surface area contributed by atoms with Gasteiger partial charge in [-0.3, -0.25) is 4.79 Å². The highest BCUT2D eigenvalue weighted by molar-refractivity contribution is 8.04. The maximum atomic E-state index is 12.6. The van der Waals surface area contributed by atoms with Crippen molar-refractivity contribution in [1.29, 1.82) is 5.26 Å². The third-order valence-electron chi connectivity index (χ3n) is 3.42. The quantitative estimate of drug-likeness (QED) is 0.403. The number of esters is 1. The van der Waals surface area contributed by atoms with Crippen LogP contribution >= 0.6 is 23.1 Å². The van der Waals surface area contributed by atoms with E-state index in [9.17, 15) is 9.59 Å². The molecule has 2 rings (SSSR count). The van der Waals surface area contributed by atoms with Gasteiger partial charge in [-0.1, -0.05) is 0 Å². The Balaban J connectivity index is 2.25. The Hall–Kier alpha value is -2.50. The molecule has 0 aliphatic rings. The highest BCUT2D eigenvalue weighted by Gasteiger charge is 2.23. The van der Waals surface area contributed by atoms with Gasteiger partial charge in [-0.25, -0.2) is 4.79 Å². The van der Waals surface area contributed by atoms with Crippen LogP contribution in [0, 0.1) is 17.6 Å². The van der Waals surface area contributed by atoms with Gasteiger partial charge in [-0.2, -0.15) is 5.26 Å². The second-order valence-corrected chi connectivity index (χ2v) is 7.59. The molecule has 8 heteroatoms. The zero-order valence-corrected chi connectivity index (χ0v) is 17.1. The van der Waals surface area contributed by atoms with Crippen molar-refractivity contribution in [3.05, 3.63) is 40.3 Å². The van der Waals surface area contributed by atoms with Crippen molar-refractivity contribution in [3.8, 4) is 11.2 Å². The number of rotatable bonds is 7. The zero-order valence-electron chi connectivity index (χ0n) is 15.5. The van der Waals surface area contributed by atoms with E-state index in [0.29, 0.717) is 31.7 Å². The molecule has 0 bridgehead atoms. The number of nitriles is 1. The summed E-state index contributed by atoms with van der Waals surface area (Å²) in [6, 6.07) is 6.78. The van der Waals surface area contributed by atoms with Gasteiger partial charge in [0.2, 0.25) is 0 Å². The van der Waals surface area contributed by atoms with Gasteiger partial charge in [-0.05, 0) is 69.3 Å². The van der Waals surface area contributed by atoms with Gasteiger partial charge in [0, 0.05) is 5.56 Å². The van der Waals surface area contributed by atoms with Crippen molar-refractivity contribution >= 4 is 40.0 Å². The Morgan fingerprint density at radius 3 is 2.52 bits per heavy atom. The first-order valence-corrected chi connectivity index (χ1v) is 9.95. The van der Waals surface area contributed by atoms with Gasteiger partial charge in [0.1, 0.15) is 21.0 Å². The number of benzene rings is 1. The first kappa shape index (κ1) is 20.8. The van der Waals surface area contributed by atoms with Crippen LogP contribution in [-0.4, -0.2) is 24.6 Å². The molecule has 0 fully saturated rings. The molecule has 6 nitrogen and oxygen atoms in total. The van der Waals surface area contributed by atoms with Crippen molar-refractivity contribution in [2.45, 2.75) is 38.7 Å². The fourth-order valence-electron chi connectivity index (χ4n) is 2.27. The molecule has 1 amide bonds. The van der Waals surface area contributed by atoms with E-state index < -0.39 is 5.97 Å². The Morgan fingerprint density at radius 2 is 1.96 bits per heavy atom. The number of ether oxygens (including phenoxy) is 2. The van der Waals surface area contributed by atoms with Crippen LogP contribution in [0.1, 0.15) is 46.4 Å². The second-order valence-electron chi connectivity index (χ2n) is 5.77. The third-order valence-corrected chi connectivity index (χ3v) is 5.54. The molecule has 0 aliphatic heterocycles. The van der Waals surface area contributed by atoms with E-state index in [2.05, 4.69) is 5.32 Å². The molecule has 0 atom stereocenters. The van der Waals surface area contributed by atoms with E-state index >= 15 is 0 Å². The fraction of sp³-hybridized carbons (Fsp3) is 0.316. The Kier molecular flexibility index (Phi) is 7.28. The summed E-state index contributed by atoms with van der Waals surface area (Å²) >= 11 is 2.01. The van der Waals surface area contributed by atoms with Crippen LogP contribution in [-0.2, 0) is 4.74 Å². The highest BCUT2D eigenvalue weighted by Crippen LogP contribution is 2.40. The molecule has 0 radical (unpaired) electrons. The Labute approximate surface area is 166 Å². The van der Waals surface area contributed by atoms with Gasteiger partial charge in [-0.15, -0.1) is 11.3 Å². The normalized spacial score (nSPS) is 10.4. The Morgan fingerprint density at radius 1 is 1.30 bits per heavy atom. The number of carbonyl (C=O) groups is 2. The lowest BCUT2D eigenvalue weighted by molar-refractivity contribution is 0.0531. The minimum absolute atomic E-state index is 0.0469. The van der Waals surface area contributed by atoms with Crippen molar-refractivity contribution in [3.63, 3.8) is 0 Å². The number of carbonyl (C=O) groups excluding carboxylic acids is 2. The van der Waals surface area contributed by atoms with Crippen LogP contribution in [0.25, 0.3) is 0 Å². The lowest BCUT2D eigenvalue weighted by Crippen LogP contribution is -2.11. The molecule has 1 N–H and O–H groups in total. The molecule has 142 valence electrons. The maximum absolute atomic E-state index is 12.6. The van der Waals surface area contributed by atoms with E-state index in [1.807, 2.05) is 19.2 Å². The molecule has 0 saturated heterocycles. The van der Waals surface area contributed by atoms with Crippen LogP contribution in [0.2, 0.25) is 0 Å². The summed E-state index contributed by atoms with van der Waals surface area (Å²) in [5.41, 5.74) is 1.07. The smallest absolute Gasteiger partial charge is 0.348 e. The number of thiocyanates is 1. The van der Waals surface area contributed by atoms with E-state index in [0.717, 1.165) is 23.1 Å². The molecule has 1 aromatic heterocycles. The second kappa shape index (κ2) is 9.44. The van der Waals surface area contributed by atoms with Crippen LogP contribution in [0.4, 0.5) is 5.00 Å². The lowest BCUT2D eigenvalue weighted by Gasteiger charge is -2.10. The largest absolute Gasteiger partial charge is 0.491 e. The zero-order chi connectivity index (χ0) is 20.0. The average Bonchev–Trinajstić information content (AvgIpc) is 2.92. The summed E-state index contributed by atoms with van der Waals surface area (Å²) in [7, 11) is 0. The van der Waals surface area contributed by atoms with Gasteiger partial charge >= 0.3 is 5.97 Å². The Bertz CT molecular complexity index is 867. The van der Waals surface area contributed by atoms with Gasteiger partial charge in [0.15, 0.2) is 0 Å². The van der Waals surface area contributed by atoms with Crippen molar-refractivity contribution in [2.24, 2.45) is 0 Å². The lowest BCUT2D eigenvalue weighted by atomic mass is 10.2. The highest BCUT2D eigenvalue weighted by atomic mass is 32.2. The van der Waals surface area contributed by atoms with Crippen molar-refractivity contribution in [2.75, 3.05) is 11.9 Å². The molecule has 0 unspecified atom stereocenters. The average molecular weight is 405 g/mol. The summed E-state index contributed by atoms with van der Waals surface area (Å²) in [5, 5.41) is 14.3. The third kappa shape index (κ3) is 5.25. The number of nitrogens with one attached hydrogen (secondary N) is 1. The summed E-state index contributed by atoms with van der Waals surface area (Å²) in [4.78, 5) is 25.6. The van der Waals surface area contributed by atoms with Gasteiger partial charge in [0.05, 0.1) is 17.6 Å². The number of thioether (sulfide) groups is 1. The first-order valence-electron chi connectivity index (χ1n) is 8.31. The van der Waals surface area contributed by atoms with Crippen LogP contribution in [0.15, 0.2) is 29.2 Å². The molecular weight excluding hydrogens is 384 g/mol. The minimum Gasteiger partial charge on any atom is -0.491 e. The van der Waals surface area contributed by atoms with Crippen molar-refractivity contribution in [1.82, 2.24) is 0 Å². The van der Waals surface area contributed by atoms with E-state index in [4.69, 9.17) is 14.7 Å². The molecule has 0 aliphatic carbocycles. The molecular formula is C19H20N2O4S2. The molecule has 1 aromatic carbocycles. The molecule has 1 heterocycles. The maximum Gasteiger partial charge on any atom is 0.348 e. The predicted octanol–water partition coefficient (Wildman–Crippen LogP) is 4.85. The van der Waals surface area contributed by atoms with Crippen LogP contribution < -0.4 is 10.1 Å². The molecule has 27 heavy (non-hydrogen) atoms. The van der Waals surface area contributed by atoms with Gasteiger partial charge < -0.3 is 14.8 Å². The minimum atomic E-state index is -0.463. The number of thiophene rings is 1. The monoisotopic (exact) mass is 404 g/mol. The number of nitrogens with zero attached hydrogens (tertiary/aromatic N) is 1. The summed E-state index contributed by atoms with van der Waals surface area (Å²) in [6.07, 6.45) is 0.0469. The van der Waals surface area contributed by atoms with E-state index in [1.54, 1.807) is 38.1 Å². The topological polar surface area (TPSA) is 88.4 Å². The predicted molar refractivity (Wildman–Crippen MR) is 107 cm³/mol. The number of hydrogen-bond donors (Lipinski definition) is 1. The van der Waals surface area contributed by atoms with Crippen LogP contribution in [0.3, 0.4) is 0 Å². The summed E-state index contributed by atoms with van der Waals surface area (Å²) < 4.78 is 10.6. The number of anilines is 1. The summed E-state index contributed by atoms with van der Waals surface area (Å²) in [5.74, 6) is -0.114. The molecule has 2 aromatic rings. The van der Waals surface area contributed by atoms with E-state index in [1.165, 1.54) is 0 Å². The first-order chi connectivity index (χ1) is 12.9. The fourth-order valence-corrected chi connectivity index (χ4v) is 4.07. The summed E-state index contributed by atoms with van der Waals surface area (Å²) in [6.45, 7) is 7.56. The molecule has 0 spiro atoms. The SMILES string of the molecule is CCOC(=O)c1sc(NC(=O)c2ccc(OC(C)C)cc2)c(SC#N)c1C. The van der Waals surface area contributed by atoms with Crippen LogP contribution in [0.5, 0.6) is 5.75 Å². The van der Waals surface area contributed by atoms with Gasteiger partial charge in [0.25, 0.3) is 5.91 Å². The standard InChI is InChI=1S/C19H20N2O4S2/c1-5-24-19(23)16-12(4)15(26-10-20)18(27-16)21-17(22)13-6-8-14(9-7-13)25-11(2)3/h6-9,11H,5H2,1-4H3,(H,21,22). The van der Waals surface area contributed by atoms with E-state index in [-0.39, 0.29) is 18.6 Å². The number of amides is 1. The molecule has 0 saturated carbocycles. The number of hydrogen-bond acceptors (Lipinski definition) is 7. The van der Waals surface area contributed by atoms with Crippen molar-refractivity contribution < 1.29 is 19.1 Å².